The van der Waals surface area contributed by atoms with Gasteiger partial charge in [-0.25, -0.2) is 0 Å². The van der Waals surface area contributed by atoms with Crippen LogP contribution in [0, 0.1) is 0 Å². The number of hydrogen-bond donors (Lipinski definition) is 5. The average Bonchev–Trinajstić information content (AvgIpc) is 2.63. The molecule has 0 spiro atoms. The Labute approximate surface area is 145 Å². The van der Waals surface area contributed by atoms with E-state index < -0.39 is 24.1 Å². The number of nitrogens with one attached hydrogen (secondary N) is 1. The van der Waals surface area contributed by atoms with Gasteiger partial charge in [0.15, 0.2) is 0 Å². The largest absolute Gasteiger partial charge is 0.457 e. The van der Waals surface area contributed by atoms with Crippen LogP contribution in [0.1, 0.15) is 0 Å². The Morgan fingerprint density at radius 1 is 1.04 bits per heavy atom. The number of rotatable bonds is 5. The van der Waals surface area contributed by atoms with Crippen molar-refractivity contribution in [3.05, 3.63) is 54.6 Å². The van der Waals surface area contributed by atoms with Crippen LogP contribution in [0.15, 0.2) is 54.6 Å². The van der Waals surface area contributed by atoms with Crippen LogP contribution >= 0.6 is 0 Å². The second kappa shape index (κ2) is 7.38. The minimum absolute atomic E-state index is 0.174. The molecule has 0 bridgehead atoms. The fourth-order valence-corrected chi connectivity index (χ4v) is 2.57. The molecule has 0 radical (unpaired) electrons. The lowest BCUT2D eigenvalue weighted by atomic mass is 9.97. The van der Waals surface area contributed by atoms with Crippen molar-refractivity contribution in [3.8, 4) is 11.5 Å². The molecule has 1 saturated heterocycles. The molecule has 1 fully saturated rings. The van der Waals surface area contributed by atoms with Crippen LogP contribution in [0.2, 0.25) is 0 Å². The predicted octanol–water partition coefficient (Wildman–Crippen LogP) is 0.692. The van der Waals surface area contributed by atoms with E-state index in [1.165, 1.54) is 0 Å². The SMILES string of the molecule is O[C@@H]1[C@H](O)CO[C@](O)(CNc2cccc(Oc3ccccc3)c2)[C@H]1O. The van der Waals surface area contributed by atoms with Gasteiger partial charge < -0.3 is 35.2 Å². The maximum absolute atomic E-state index is 10.4. The molecule has 25 heavy (non-hydrogen) atoms. The lowest BCUT2D eigenvalue weighted by Crippen LogP contribution is -2.63. The van der Waals surface area contributed by atoms with Crippen molar-refractivity contribution in [2.24, 2.45) is 0 Å². The van der Waals surface area contributed by atoms with E-state index in [-0.39, 0.29) is 13.2 Å². The minimum Gasteiger partial charge on any atom is -0.457 e. The van der Waals surface area contributed by atoms with E-state index in [1.54, 1.807) is 24.3 Å². The molecule has 134 valence electrons. The van der Waals surface area contributed by atoms with Crippen LogP contribution in [0.5, 0.6) is 11.5 Å². The third-order valence-electron chi connectivity index (χ3n) is 4.04. The van der Waals surface area contributed by atoms with Crippen LogP contribution in [0.3, 0.4) is 0 Å². The Morgan fingerprint density at radius 2 is 1.76 bits per heavy atom. The molecule has 3 rings (SSSR count). The predicted molar refractivity (Wildman–Crippen MR) is 90.4 cm³/mol. The van der Waals surface area contributed by atoms with Gasteiger partial charge in [0.1, 0.15) is 29.8 Å². The molecular weight excluding hydrogens is 326 g/mol. The zero-order valence-corrected chi connectivity index (χ0v) is 13.4. The summed E-state index contributed by atoms with van der Waals surface area (Å²) in [6, 6.07) is 16.4. The van der Waals surface area contributed by atoms with Gasteiger partial charge in [-0.05, 0) is 24.3 Å². The molecular formula is C18H21NO6. The van der Waals surface area contributed by atoms with Gasteiger partial charge in [0, 0.05) is 11.8 Å². The molecule has 1 aliphatic heterocycles. The van der Waals surface area contributed by atoms with Crippen molar-refractivity contribution in [2.45, 2.75) is 24.1 Å². The number of benzene rings is 2. The van der Waals surface area contributed by atoms with Crippen LogP contribution in [0.4, 0.5) is 5.69 Å². The van der Waals surface area contributed by atoms with Crippen molar-refractivity contribution < 1.29 is 29.9 Å². The molecule has 2 aromatic rings. The summed E-state index contributed by atoms with van der Waals surface area (Å²) in [5.74, 6) is -0.709. The zero-order valence-electron chi connectivity index (χ0n) is 13.4. The molecule has 1 heterocycles. The third-order valence-corrected chi connectivity index (χ3v) is 4.04. The number of hydrogen-bond acceptors (Lipinski definition) is 7. The highest BCUT2D eigenvalue weighted by Crippen LogP contribution is 2.27. The van der Waals surface area contributed by atoms with E-state index in [0.717, 1.165) is 0 Å². The number of anilines is 1. The quantitative estimate of drug-likeness (QED) is 0.541. The Hall–Kier alpha value is -2.16. The van der Waals surface area contributed by atoms with Gasteiger partial charge >= 0.3 is 0 Å². The summed E-state index contributed by atoms with van der Waals surface area (Å²) in [7, 11) is 0. The Balaban J connectivity index is 1.64. The smallest absolute Gasteiger partial charge is 0.212 e. The Kier molecular flexibility index (Phi) is 5.22. The Bertz CT molecular complexity index is 697. The van der Waals surface area contributed by atoms with Gasteiger partial charge in [-0.2, -0.15) is 0 Å². The number of para-hydroxylation sites is 1. The lowest BCUT2D eigenvalue weighted by molar-refractivity contribution is -0.313. The first-order valence-corrected chi connectivity index (χ1v) is 7.95. The van der Waals surface area contributed by atoms with Gasteiger partial charge in [0.05, 0.1) is 13.2 Å². The first-order chi connectivity index (χ1) is 12.0. The van der Waals surface area contributed by atoms with Gasteiger partial charge in [-0.3, -0.25) is 0 Å². The first-order valence-electron chi connectivity index (χ1n) is 7.95. The van der Waals surface area contributed by atoms with Gasteiger partial charge in [-0.15, -0.1) is 0 Å². The highest BCUT2D eigenvalue weighted by Gasteiger charge is 2.48. The fraction of sp³-hybridized carbons (Fsp3) is 0.333. The fourth-order valence-electron chi connectivity index (χ4n) is 2.57. The standard InChI is InChI=1S/C18H21NO6/c20-15-10-24-18(23,17(22)16(15)21)11-19-12-5-4-8-14(9-12)25-13-6-2-1-3-7-13/h1-9,15-17,19-23H,10-11H2/t15-,16-,17+,18-/m1/s1. The third kappa shape index (κ3) is 4.09. The van der Waals surface area contributed by atoms with Crippen molar-refractivity contribution in [3.63, 3.8) is 0 Å². The summed E-state index contributed by atoms with van der Waals surface area (Å²) in [6.45, 7) is -0.444. The van der Waals surface area contributed by atoms with Crippen LogP contribution in [-0.2, 0) is 4.74 Å². The maximum Gasteiger partial charge on any atom is 0.212 e. The molecule has 5 N–H and O–H groups in total. The van der Waals surface area contributed by atoms with Gasteiger partial charge in [0.25, 0.3) is 0 Å². The molecule has 0 aromatic heterocycles. The highest BCUT2D eigenvalue weighted by atomic mass is 16.6. The summed E-state index contributed by atoms with van der Waals surface area (Å²) in [4.78, 5) is 0. The van der Waals surface area contributed by atoms with E-state index in [1.807, 2.05) is 30.3 Å². The van der Waals surface area contributed by atoms with Crippen molar-refractivity contribution >= 4 is 5.69 Å². The van der Waals surface area contributed by atoms with Crippen LogP contribution in [0.25, 0.3) is 0 Å². The maximum atomic E-state index is 10.4. The van der Waals surface area contributed by atoms with Crippen LogP contribution in [-0.4, -0.2) is 57.7 Å². The highest BCUT2D eigenvalue weighted by molar-refractivity contribution is 5.49. The van der Waals surface area contributed by atoms with Crippen LogP contribution < -0.4 is 10.1 Å². The van der Waals surface area contributed by atoms with E-state index in [0.29, 0.717) is 17.2 Å². The van der Waals surface area contributed by atoms with Crippen molar-refractivity contribution in [1.82, 2.24) is 0 Å². The molecule has 4 atom stereocenters. The van der Waals surface area contributed by atoms with E-state index in [2.05, 4.69) is 5.32 Å². The summed E-state index contributed by atoms with van der Waals surface area (Å²) in [5, 5.41) is 42.4. The van der Waals surface area contributed by atoms with E-state index >= 15 is 0 Å². The monoisotopic (exact) mass is 347 g/mol. The van der Waals surface area contributed by atoms with E-state index in [4.69, 9.17) is 9.47 Å². The van der Waals surface area contributed by atoms with Crippen molar-refractivity contribution in [1.29, 1.82) is 0 Å². The second-order valence-corrected chi connectivity index (χ2v) is 5.96. The normalized spacial score (nSPS) is 29.2. The summed E-state index contributed by atoms with van der Waals surface area (Å²) in [5.41, 5.74) is 0.637. The molecule has 7 nitrogen and oxygen atoms in total. The molecule has 1 aliphatic rings. The number of aliphatic hydroxyl groups is 4. The topological polar surface area (TPSA) is 111 Å². The average molecular weight is 347 g/mol. The van der Waals surface area contributed by atoms with Gasteiger partial charge in [-0.1, -0.05) is 24.3 Å². The number of ether oxygens (including phenoxy) is 2. The summed E-state index contributed by atoms with van der Waals surface area (Å²) in [6.07, 6.45) is -4.35. The molecule has 0 aliphatic carbocycles. The summed E-state index contributed by atoms with van der Waals surface area (Å²) >= 11 is 0. The van der Waals surface area contributed by atoms with Gasteiger partial charge in [0.2, 0.25) is 5.79 Å². The molecule has 0 saturated carbocycles. The molecule has 2 aromatic carbocycles. The van der Waals surface area contributed by atoms with E-state index in [9.17, 15) is 20.4 Å². The molecule has 0 unspecified atom stereocenters. The lowest BCUT2D eigenvalue weighted by Gasteiger charge is -2.41. The molecule has 7 heteroatoms. The molecule has 0 amide bonds. The summed E-state index contributed by atoms with van der Waals surface area (Å²) < 4.78 is 10.8. The zero-order chi connectivity index (χ0) is 17.9. The van der Waals surface area contributed by atoms with Crippen molar-refractivity contribution in [2.75, 3.05) is 18.5 Å². The number of aliphatic hydroxyl groups excluding tert-OH is 3. The first kappa shape index (κ1) is 17.7. The second-order valence-electron chi connectivity index (χ2n) is 5.96. The Morgan fingerprint density at radius 3 is 2.52 bits per heavy atom. The minimum atomic E-state index is -2.01.